The first-order valence-corrected chi connectivity index (χ1v) is 9.44. The van der Waals surface area contributed by atoms with Crippen molar-refractivity contribution in [3.8, 4) is 0 Å². The molecule has 0 saturated carbocycles. The quantitative estimate of drug-likeness (QED) is 0.703. The number of pyridine rings is 1. The van der Waals surface area contributed by atoms with Gasteiger partial charge in [-0.2, -0.15) is 0 Å². The SMILES string of the molecule is Cc1ccncc1NC(=O)c1cccc(S(=O)(=O)Nc2ccccc2F)c1. The lowest BCUT2D eigenvalue weighted by Crippen LogP contribution is -2.16. The highest BCUT2D eigenvalue weighted by Gasteiger charge is 2.18. The number of amides is 1. The van der Waals surface area contributed by atoms with Crippen LogP contribution in [0.3, 0.4) is 0 Å². The van der Waals surface area contributed by atoms with Crippen LogP contribution in [0.25, 0.3) is 0 Å². The highest BCUT2D eigenvalue weighted by atomic mass is 32.2. The number of hydrogen-bond donors (Lipinski definition) is 2. The van der Waals surface area contributed by atoms with Gasteiger partial charge in [0, 0.05) is 11.8 Å². The highest BCUT2D eigenvalue weighted by Crippen LogP contribution is 2.20. The fourth-order valence-corrected chi connectivity index (χ4v) is 3.45. The Morgan fingerprint density at radius 3 is 2.56 bits per heavy atom. The van der Waals surface area contributed by atoms with Crippen molar-refractivity contribution in [1.29, 1.82) is 0 Å². The van der Waals surface area contributed by atoms with Gasteiger partial charge >= 0.3 is 0 Å². The Balaban J connectivity index is 1.85. The average Bonchev–Trinajstić information content (AvgIpc) is 2.65. The molecule has 0 aliphatic rings. The van der Waals surface area contributed by atoms with E-state index in [0.29, 0.717) is 5.69 Å². The molecule has 27 heavy (non-hydrogen) atoms. The van der Waals surface area contributed by atoms with E-state index >= 15 is 0 Å². The van der Waals surface area contributed by atoms with Crippen molar-refractivity contribution in [1.82, 2.24) is 4.98 Å². The van der Waals surface area contributed by atoms with Crippen molar-refractivity contribution in [2.24, 2.45) is 0 Å². The van der Waals surface area contributed by atoms with Gasteiger partial charge in [0.15, 0.2) is 0 Å². The number of carbonyl (C=O) groups excluding carboxylic acids is 1. The van der Waals surface area contributed by atoms with Crippen molar-refractivity contribution < 1.29 is 17.6 Å². The molecule has 0 bridgehead atoms. The summed E-state index contributed by atoms with van der Waals surface area (Å²) in [6, 6.07) is 12.7. The van der Waals surface area contributed by atoms with Gasteiger partial charge in [0.1, 0.15) is 5.82 Å². The molecule has 0 spiro atoms. The zero-order chi connectivity index (χ0) is 19.4. The molecule has 3 aromatic rings. The first-order valence-electron chi connectivity index (χ1n) is 7.96. The maximum absolute atomic E-state index is 13.7. The first kappa shape index (κ1) is 18.5. The molecule has 6 nitrogen and oxygen atoms in total. The lowest BCUT2D eigenvalue weighted by Gasteiger charge is -2.11. The first-order chi connectivity index (χ1) is 12.9. The topological polar surface area (TPSA) is 88.2 Å². The third kappa shape index (κ3) is 4.29. The summed E-state index contributed by atoms with van der Waals surface area (Å²) in [7, 11) is -4.06. The van der Waals surface area contributed by atoms with Crippen molar-refractivity contribution in [3.63, 3.8) is 0 Å². The van der Waals surface area contributed by atoms with E-state index in [-0.39, 0.29) is 16.1 Å². The molecule has 0 aliphatic heterocycles. The van der Waals surface area contributed by atoms with E-state index in [9.17, 15) is 17.6 Å². The summed E-state index contributed by atoms with van der Waals surface area (Å²) >= 11 is 0. The van der Waals surface area contributed by atoms with Gasteiger partial charge in [0.2, 0.25) is 0 Å². The number of nitrogens with one attached hydrogen (secondary N) is 2. The summed E-state index contributed by atoms with van der Waals surface area (Å²) in [5, 5.41) is 2.69. The minimum atomic E-state index is -4.06. The number of aromatic nitrogens is 1. The summed E-state index contributed by atoms with van der Waals surface area (Å²) in [4.78, 5) is 16.2. The third-order valence-corrected chi connectivity index (χ3v) is 5.18. The van der Waals surface area contributed by atoms with Crippen LogP contribution in [0, 0.1) is 12.7 Å². The zero-order valence-corrected chi connectivity index (χ0v) is 15.1. The van der Waals surface area contributed by atoms with Crippen LogP contribution >= 0.6 is 0 Å². The van der Waals surface area contributed by atoms with Gasteiger partial charge < -0.3 is 5.32 Å². The molecule has 1 amide bonds. The van der Waals surface area contributed by atoms with E-state index in [1.165, 1.54) is 48.7 Å². The maximum atomic E-state index is 13.7. The van der Waals surface area contributed by atoms with E-state index in [1.54, 1.807) is 12.3 Å². The lowest BCUT2D eigenvalue weighted by molar-refractivity contribution is 0.102. The Morgan fingerprint density at radius 2 is 1.81 bits per heavy atom. The molecule has 8 heteroatoms. The number of halogens is 1. The fraction of sp³-hybridized carbons (Fsp3) is 0.0526. The molecular weight excluding hydrogens is 369 g/mol. The van der Waals surface area contributed by atoms with E-state index in [2.05, 4.69) is 15.0 Å². The molecule has 138 valence electrons. The van der Waals surface area contributed by atoms with Crippen LogP contribution in [-0.4, -0.2) is 19.3 Å². The second kappa shape index (κ2) is 7.55. The molecule has 0 unspecified atom stereocenters. The maximum Gasteiger partial charge on any atom is 0.262 e. The van der Waals surface area contributed by atoms with Crippen LogP contribution in [0.15, 0.2) is 71.9 Å². The molecule has 0 aliphatic carbocycles. The third-order valence-electron chi connectivity index (χ3n) is 3.81. The van der Waals surface area contributed by atoms with Gasteiger partial charge in [-0.05, 0) is 48.9 Å². The molecule has 0 radical (unpaired) electrons. The Labute approximate surface area is 156 Å². The summed E-state index contributed by atoms with van der Waals surface area (Å²) in [5.41, 5.74) is 1.33. The molecule has 0 atom stereocenters. The predicted molar refractivity (Wildman–Crippen MR) is 101 cm³/mol. The number of hydrogen-bond acceptors (Lipinski definition) is 4. The van der Waals surface area contributed by atoms with Crippen LogP contribution in [0.2, 0.25) is 0 Å². The molecular formula is C19H16FN3O3S. The molecule has 0 fully saturated rings. The number of benzene rings is 2. The van der Waals surface area contributed by atoms with E-state index in [4.69, 9.17) is 0 Å². The minimum absolute atomic E-state index is 0.148. The number of anilines is 2. The lowest BCUT2D eigenvalue weighted by atomic mass is 10.2. The van der Waals surface area contributed by atoms with E-state index in [1.807, 2.05) is 6.92 Å². The van der Waals surface area contributed by atoms with Crippen LogP contribution < -0.4 is 10.0 Å². The van der Waals surface area contributed by atoms with Crippen LogP contribution in [-0.2, 0) is 10.0 Å². The van der Waals surface area contributed by atoms with Crippen molar-refractivity contribution in [2.45, 2.75) is 11.8 Å². The van der Waals surface area contributed by atoms with Gasteiger partial charge in [0.25, 0.3) is 15.9 Å². The molecule has 1 aromatic heterocycles. The van der Waals surface area contributed by atoms with Crippen LogP contribution in [0.1, 0.15) is 15.9 Å². The van der Waals surface area contributed by atoms with Gasteiger partial charge in [0.05, 0.1) is 22.5 Å². The van der Waals surface area contributed by atoms with E-state index < -0.39 is 21.7 Å². The second-order valence-corrected chi connectivity index (χ2v) is 7.44. The number of carbonyl (C=O) groups is 1. The van der Waals surface area contributed by atoms with Crippen molar-refractivity contribution in [3.05, 3.63) is 83.9 Å². The monoisotopic (exact) mass is 385 g/mol. The minimum Gasteiger partial charge on any atom is -0.320 e. The highest BCUT2D eigenvalue weighted by molar-refractivity contribution is 7.92. The number of sulfonamides is 1. The average molecular weight is 385 g/mol. The normalized spacial score (nSPS) is 11.0. The largest absolute Gasteiger partial charge is 0.320 e. The molecule has 1 heterocycles. The smallest absolute Gasteiger partial charge is 0.262 e. The van der Waals surface area contributed by atoms with Crippen molar-refractivity contribution in [2.75, 3.05) is 10.0 Å². The molecule has 2 aromatic carbocycles. The van der Waals surface area contributed by atoms with Crippen LogP contribution in [0.5, 0.6) is 0 Å². The summed E-state index contributed by atoms with van der Waals surface area (Å²) < 4.78 is 41.0. The number of aryl methyl sites for hydroxylation is 1. The van der Waals surface area contributed by atoms with Gasteiger partial charge in [-0.1, -0.05) is 18.2 Å². The van der Waals surface area contributed by atoms with Crippen molar-refractivity contribution >= 4 is 27.3 Å². The number of rotatable bonds is 5. The van der Waals surface area contributed by atoms with Crippen LogP contribution in [0.4, 0.5) is 15.8 Å². The summed E-state index contributed by atoms with van der Waals surface area (Å²) in [6.45, 7) is 1.82. The van der Waals surface area contributed by atoms with Gasteiger partial charge in [-0.3, -0.25) is 14.5 Å². The molecule has 0 saturated heterocycles. The van der Waals surface area contributed by atoms with E-state index in [0.717, 1.165) is 11.6 Å². The summed E-state index contributed by atoms with van der Waals surface area (Å²) in [6.07, 6.45) is 3.11. The predicted octanol–water partition coefficient (Wildman–Crippen LogP) is 3.58. The number of para-hydroxylation sites is 1. The van der Waals surface area contributed by atoms with Gasteiger partial charge in [-0.15, -0.1) is 0 Å². The van der Waals surface area contributed by atoms with Gasteiger partial charge in [-0.25, -0.2) is 12.8 Å². The molecule has 2 N–H and O–H groups in total. The Morgan fingerprint density at radius 1 is 1.04 bits per heavy atom. The standard InChI is InChI=1S/C19H16FN3O3S/c1-13-9-10-21-12-18(13)22-19(24)14-5-4-6-15(11-14)27(25,26)23-17-8-3-2-7-16(17)20/h2-12,23H,1H3,(H,22,24). The zero-order valence-electron chi connectivity index (χ0n) is 14.3. The molecule has 3 rings (SSSR count). The fourth-order valence-electron chi connectivity index (χ4n) is 2.34. The summed E-state index contributed by atoms with van der Waals surface area (Å²) in [5.74, 6) is -1.17. The number of nitrogens with zero attached hydrogens (tertiary/aromatic N) is 1. The second-order valence-electron chi connectivity index (χ2n) is 5.76. The Bertz CT molecular complexity index is 1100. The Kier molecular flexibility index (Phi) is 5.18. The Hall–Kier alpha value is -3.26.